The van der Waals surface area contributed by atoms with Gasteiger partial charge in [0.2, 0.25) is 12.1 Å². The molecule has 1 aromatic carbocycles. The Morgan fingerprint density at radius 1 is 1.12 bits per heavy atom. The van der Waals surface area contributed by atoms with E-state index in [0.29, 0.717) is 17.2 Å². The molecule has 1 N–H and O–H groups in total. The topological polar surface area (TPSA) is 76.6 Å². The van der Waals surface area contributed by atoms with Crippen LogP contribution in [0.25, 0.3) is 0 Å². The molecular formula is C19H22N4O3. The quantitative estimate of drug-likeness (QED) is 0.912. The molecule has 1 atom stereocenters. The molecule has 4 rings (SSSR count). The second kappa shape index (κ2) is 6.82. The molecule has 2 aliphatic heterocycles. The molecule has 136 valence electrons. The van der Waals surface area contributed by atoms with Crippen LogP contribution in [0.3, 0.4) is 0 Å². The number of para-hydroxylation sites is 2. The van der Waals surface area contributed by atoms with Crippen LogP contribution in [0.2, 0.25) is 0 Å². The summed E-state index contributed by atoms with van der Waals surface area (Å²) in [5.41, 5.74) is 2.15. The Bertz CT molecular complexity index is 810. The molecule has 0 spiro atoms. The number of amides is 1. The number of anilines is 2. The second-order valence-corrected chi connectivity index (χ2v) is 6.62. The van der Waals surface area contributed by atoms with Crippen molar-refractivity contribution in [2.24, 2.45) is 0 Å². The molecule has 3 heterocycles. The average molecular weight is 354 g/mol. The van der Waals surface area contributed by atoms with Crippen LogP contribution in [0.1, 0.15) is 24.2 Å². The van der Waals surface area contributed by atoms with E-state index >= 15 is 0 Å². The molecule has 0 radical (unpaired) electrons. The minimum atomic E-state index is -0.707. The number of rotatable bonds is 3. The van der Waals surface area contributed by atoms with Crippen LogP contribution >= 0.6 is 0 Å². The molecule has 1 amide bonds. The van der Waals surface area contributed by atoms with E-state index in [2.05, 4.69) is 20.2 Å². The van der Waals surface area contributed by atoms with Gasteiger partial charge in [0.1, 0.15) is 6.61 Å². The lowest BCUT2D eigenvalue weighted by Crippen LogP contribution is -2.40. The number of benzene rings is 1. The van der Waals surface area contributed by atoms with Crippen molar-refractivity contribution in [2.75, 3.05) is 29.9 Å². The van der Waals surface area contributed by atoms with Crippen molar-refractivity contribution in [3.63, 3.8) is 0 Å². The molecule has 0 aliphatic carbocycles. The molecule has 1 saturated heterocycles. The van der Waals surface area contributed by atoms with Crippen molar-refractivity contribution in [2.45, 2.75) is 32.8 Å². The van der Waals surface area contributed by atoms with E-state index < -0.39 is 6.10 Å². The Morgan fingerprint density at radius 2 is 1.77 bits per heavy atom. The van der Waals surface area contributed by atoms with E-state index in [4.69, 9.17) is 9.47 Å². The van der Waals surface area contributed by atoms with Crippen LogP contribution in [0.4, 0.5) is 11.6 Å². The molecule has 1 unspecified atom stereocenters. The third kappa shape index (κ3) is 3.16. The van der Waals surface area contributed by atoms with Crippen LogP contribution in [0, 0.1) is 13.8 Å². The van der Waals surface area contributed by atoms with Crippen LogP contribution in [-0.4, -0.2) is 41.7 Å². The number of fused-ring (bicyclic) bond motifs is 1. The van der Waals surface area contributed by atoms with Gasteiger partial charge in [-0.05, 0) is 38.8 Å². The highest BCUT2D eigenvalue weighted by atomic mass is 16.6. The van der Waals surface area contributed by atoms with Gasteiger partial charge in [-0.2, -0.15) is 0 Å². The lowest BCUT2D eigenvalue weighted by Gasteiger charge is -2.26. The van der Waals surface area contributed by atoms with Gasteiger partial charge in [0.05, 0.1) is 17.1 Å². The highest BCUT2D eigenvalue weighted by molar-refractivity contribution is 5.95. The van der Waals surface area contributed by atoms with Gasteiger partial charge in [-0.1, -0.05) is 12.1 Å². The minimum Gasteiger partial charge on any atom is -0.485 e. The number of hydrogen-bond donors (Lipinski definition) is 1. The van der Waals surface area contributed by atoms with Crippen LogP contribution in [-0.2, 0) is 4.79 Å². The van der Waals surface area contributed by atoms with Crippen LogP contribution in [0.15, 0.2) is 24.3 Å². The largest absolute Gasteiger partial charge is 0.485 e. The number of aryl methyl sites for hydroxylation is 2. The smallest absolute Gasteiger partial charge is 0.269 e. The van der Waals surface area contributed by atoms with Gasteiger partial charge in [0.15, 0.2) is 11.5 Å². The van der Waals surface area contributed by atoms with Gasteiger partial charge < -0.3 is 19.7 Å². The molecular weight excluding hydrogens is 332 g/mol. The molecule has 26 heavy (non-hydrogen) atoms. The number of ether oxygens (including phenoxy) is 2. The molecule has 1 fully saturated rings. The molecule has 7 nitrogen and oxygen atoms in total. The zero-order valence-corrected chi connectivity index (χ0v) is 15.0. The van der Waals surface area contributed by atoms with E-state index in [1.807, 2.05) is 32.0 Å². The first-order valence-electron chi connectivity index (χ1n) is 8.91. The van der Waals surface area contributed by atoms with E-state index in [9.17, 15) is 4.79 Å². The zero-order valence-electron chi connectivity index (χ0n) is 15.0. The zero-order chi connectivity index (χ0) is 18.1. The van der Waals surface area contributed by atoms with E-state index in [-0.39, 0.29) is 12.5 Å². The highest BCUT2D eigenvalue weighted by Gasteiger charge is 2.28. The summed E-state index contributed by atoms with van der Waals surface area (Å²) in [6, 6.07) is 7.33. The normalized spacial score (nSPS) is 18.7. The molecule has 2 aromatic rings. The first-order chi connectivity index (χ1) is 12.6. The van der Waals surface area contributed by atoms with Crippen molar-refractivity contribution < 1.29 is 14.3 Å². The van der Waals surface area contributed by atoms with Crippen molar-refractivity contribution in [1.29, 1.82) is 0 Å². The van der Waals surface area contributed by atoms with Crippen LogP contribution in [0.5, 0.6) is 11.5 Å². The summed E-state index contributed by atoms with van der Waals surface area (Å²) >= 11 is 0. The fourth-order valence-electron chi connectivity index (χ4n) is 3.29. The predicted octanol–water partition coefficient (Wildman–Crippen LogP) is 2.47. The summed E-state index contributed by atoms with van der Waals surface area (Å²) in [7, 11) is 0. The Kier molecular flexibility index (Phi) is 4.36. The third-order valence-electron chi connectivity index (χ3n) is 4.70. The predicted molar refractivity (Wildman–Crippen MR) is 97.9 cm³/mol. The fraction of sp³-hybridized carbons (Fsp3) is 0.421. The van der Waals surface area contributed by atoms with E-state index in [1.165, 1.54) is 12.8 Å². The molecule has 0 bridgehead atoms. The molecule has 0 saturated carbocycles. The maximum absolute atomic E-state index is 12.6. The van der Waals surface area contributed by atoms with Crippen molar-refractivity contribution in [3.8, 4) is 11.5 Å². The summed E-state index contributed by atoms with van der Waals surface area (Å²) in [5.74, 6) is 1.71. The first kappa shape index (κ1) is 16.6. The van der Waals surface area contributed by atoms with Gasteiger partial charge in [-0.25, -0.2) is 9.97 Å². The Morgan fingerprint density at radius 3 is 2.46 bits per heavy atom. The number of hydrogen-bond acceptors (Lipinski definition) is 6. The standard InChI is InChI=1S/C19H22N4O3/c1-12-17(13(2)21-19(20-12)23-9-5-6-10-23)22-18(24)16-11-25-14-7-3-4-8-15(14)26-16/h3-4,7-8,16H,5-6,9-11H2,1-2H3,(H,22,24). The number of nitrogens with one attached hydrogen (secondary N) is 1. The number of carbonyl (C=O) groups is 1. The first-order valence-corrected chi connectivity index (χ1v) is 8.91. The second-order valence-electron chi connectivity index (χ2n) is 6.62. The van der Waals surface area contributed by atoms with Crippen LogP contribution < -0.4 is 19.7 Å². The fourth-order valence-corrected chi connectivity index (χ4v) is 3.29. The summed E-state index contributed by atoms with van der Waals surface area (Å²) in [5, 5.41) is 2.91. The minimum absolute atomic E-state index is 0.174. The maximum atomic E-state index is 12.6. The van der Waals surface area contributed by atoms with Gasteiger partial charge in [0, 0.05) is 13.1 Å². The number of carbonyl (C=O) groups excluding carboxylic acids is 1. The average Bonchev–Trinajstić information content (AvgIpc) is 3.18. The summed E-state index contributed by atoms with van der Waals surface area (Å²) in [6.45, 7) is 5.91. The van der Waals surface area contributed by atoms with Gasteiger partial charge in [-0.3, -0.25) is 4.79 Å². The lowest BCUT2D eigenvalue weighted by molar-refractivity contribution is -0.125. The van der Waals surface area contributed by atoms with Crippen molar-refractivity contribution >= 4 is 17.5 Å². The van der Waals surface area contributed by atoms with Gasteiger partial charge in [-0.15, -0.1) is 0 Å². The summed E-state index contributed by atoms with van der Waals surface area (Å²) in [4.78, 5) is 24.0. The highest BCUT2D eigenvalue weighted by Crippen LogP contribution is 2.31. The Hall–Kier alpha value is -2.83. The van der Waals surface area contributed by atoms with Gasteiger partial charge in [0.25, 0.3) is 5.91 Å². The molecule has 7 heteroatoms. The maximum Gasteiger partial charge on any atom is 0.269 e. The SMILES string of the molecule is Cc1nc(N2CCCC2)nc(C)c1NC(=O)C1COc2ccccc2O1. The Balaban J connectivity index is 1.49. The van der Waals surface area contributed by atoms with E-state index in [1.54, 1.807) is 6.07 Å². The Labute approximate surface area is 152 Å². The molecule has 1 aromatic heterocycles. The number of aromatic nitrogens is 2. The monoisotopic (exact) mass is 354 g/mol. The summed E-state index contributed by atoms with van der Waals surface area (Å²) < 4.78 is 11.4. The summed E-state index contributed by atoms with van der Waals surface area (Å²) in [6.07, 6.45) is 1.63. The van der Waals surface area contributed by atoms with Crippen molar-refractivity contribution in [3.05, 3.63) is 35.7 Å². The van der Waals surface area contributed by atoms with Crippen molar-refractivity contribution in [1.82, 2.24) is 9.97 Å². The lowest BCUT2D eigenvalue weighted by atomic mass is 10.2. The molecule has 2 aliphatic rings. The number of nitrogens with zero attached hydrogens (tertiary/aromatic N) is 3. The van der Waals surface area contributed by atoms with E-state index in [0.717, 1.165) is 30.4 Å². The third-order valence-corrected chi connectivity index (χ3v) is 4.70. The van der Waals surface area contributed by atoms with Gasteiger partial charge >= 0.3 is 0 Å².